The van der Waals surface area contributed by atoms with E-state index in [-0.39, 0.29) is 16.8 Å². The van der Waals surface area contributed by atoms with E-state index in [1.807, 2.05) is 18.2 Å². The van der Waals surface area contributed by atoms with Gasteiger partial charge >= 0.3 is 0 Å². The van der Waals surface area contributed by atoms with Gasteiger partial charge in [-0.05, 0) is 31.5 Å². The van der Waals surface area contributed by atoms with E-state index in [0.717, 1.165) is 10.5 Å². The van der Waals surface area contributed by atoms with Crippen molar-refractivity contribution in [2.45, 2.75) is 20.4 Å². The van der Waals surface area contributed by atoms with Gasteiger partial charge in [0.25, 0.3) is 17.5 Å². The number of aromatic nitrogens is 2. The monoisotopic (exact) mass is 410 g/mol. The van der Waals surface area contributed by atoms with Crippen molar-refractivity contribution in [1.29, 1.82) is 0 Å². The zero-order chi connectivity index (χ0) is 20.9. The summed E-state index contributed by atoms with van der Waals surface area (Å²) in [6.45, 7) is 3.78. The zero-order valence-electron chi connectivity index (χ0n) is 15.5. The minimum Gasteiger partial charge on any atom is -0.268 e. The molecular formula is C20H15ClN4O4. The van der Waals surface area contributed by atoms with E-state index >= 15 is 0 Å². The molecule has 3 aromatic rings. The Labute approximate surface area is 170 Å². The largest absolute Gasteiger partial charge is 0.283 e. The number of nitro benzene ring substituents is 1. The number of halogens is 1. The van der Waals surface area contributed by atoms with Crippen molar-refractivity contribution >= 4 is 34.8 Å². The highest BCUT2D eigenvalue weighted by atomic mass is 35.5. The lowest BCUT2D eigenvalue weighted by atomic mass is 10.1. The van der Waals surface area contributed by atoms with E-state index in [4.69, 9.17) is 11.6 Å². The molecule has 0 N–H and O–H groups in total. The minimum atomic E-state index is -0.721. The van der Waals surface area contributed by atoms with Crippen molar-refractivity contribution in [2.24, 2.45) is 0 Å². The Morgan fingerprint density at radius 1 is 1.07 bits per heavy atom. The molecule has 0 aliphatic carbocycles. The van der Waals surface area contributed by atoms with Gasteiger partial charge in [0.2, 0.25) is 0 Å². The number of aryl methyl sites for hydroxylation is 1. The summed E-state index contributed by atoms with van der Waals surface area (Å²) >= 11 is 6.23. The molecule has 8 nitrogen and oxygen atoms in total. The average molecular weight is 411 g/mol. The smallest absolute Gasteiger partial charge is 0.268 e. The number of carbonyl (C=O) groups is 2. The summed E-state index contributed by atoms with van der Waals surface area (Å²) in [4.78, 5) is 37.6. The van der Waals surface area contributed by atoms with Crippen LogP contribution in [0.25, 0.3) is 0 Å². The fraction of sp³-hybridized carbons (Fsp3) is 0.150. The number of hydrogen-bond donors (Lipinski definition) is 0. The molecule has 0 saturated heterocycles. The third-order valence-corrected chi connectivity index (χ3v) is 5.30. The van der Waals surface area contributed by atoms with Crippen LogP contribution >= 0.6 is 11.6 Å². The molecule has 0 fully saturated rings. The van der Waals surface area contributed by atoms with E-state index in [9.17, 15) is 19.7 Å². The van der Waals surface area contributed by atoms with Gasteiger partial charge in [-0.25, -0.2) is 4.90 Å². The number of imide groups is 1. The third kappa shape index (κ3) is 2.89. The normalized spacial score (nSPS) is 13.1. The van der Waals surface area contributed by atoms with Crippen molar-refractivity contribution < 1.29 is 14.5 Å². The molecule has 1 aliphatic heterocycles. The van der Waals surface area contributed by atoms with Gasteiger partial charge in [0.05, 0.1) is 34.1 Å². The Morgan fingerprint density at radius 2 is 1.79 bits per heavy atom. The molecule has 0 unspecified atom stereocenters. The van der Waals surface area contributed by atoms with Gasteiger partial charge < -0.3 is 0 Å². The number of nitrogens with zero attached hydrogens (tertiary/aromatic N) is 4. The summed E-state index contributed by atoms with van der Waals surface area (Å²) in [5, 5.41) is 16.4. The fourth-order valence-electron chi connectivity index (χ4n) is 3.58. The Kier molecular flexibility index (Phi) is 4.43. The number of amides is 2. The van der Waals surface area contributed by atoms with Crippen LogP contribution in [-0.4, -0.2) is 26.5 Å². The predicted octanol–water partition coefficient (Wildman–Crippen LogP) is 3.91. The molecule has 29 heavy (non-hydrogen) atoms. The molecule has 0 atom stereocenters. The minimum absolute atomic E-state index is 0.0156. The van der Waals surface area contributed by atoms with Gasteiger partial charge in [0, 0.05) is 11.1 Å². The van der Waals surface area contributed by atoms with E-state index in [1.54, 1.807) is 24.6 Å². The first kappa shape index (κ1) is 18.8. The van der Waals surface area contributed by atoms with Crippen LogP contribution in [0.4, 0.5) is 11.4 Å². The lowest BCUT2D eigenvalue weighted by Crippen LogP contribution is -2.30. The highest BCUT2D eigenvalue weighted by Gasteiger charge is 2.43. The zero-order valence-corrected chi connectivity index (χ0v) is 16.3. The van der Waals surface area contributed by atoms with Gasteiger partial charge in [0.1, 0.15) is 5.56 Å². The van der Waals surface area contributed by atoms with Crippen LogP contribution in [0.15, 0.2) is 42.5 Å². The summed E-state index contributed by atoms with van der Waals surface area (Å²) in [6, 6.07) is 11.3. The second kappa shape index (κ2) is 6.82. The molecular weight excluding hydrogens is 396 g/mol. The van der Waals surface area contributed by atoms with E-state index in [2.05, 4.69) is 5.10 Å². The van der Waals surface area contributed by atoms with Gasteiger partial charge in [-0.2, -0.15) is 5.10 Å². The summed E-state index contributed by atoms with van der Waals surface area (Å²) < 4.78 is 1.66. The third-order valence-electron chi connectivity index (χ3n) is 4.93. The first-order chi connectivity index (χ1) is 13.8. The standard InChI is InChI=1S/C20H15ClN4O4/c1-11-18(12(2)23(22-11)10-13-6-3-4-8-15(13)21)24-19(26)14-7-5-9-16(25(28)29)17(14)20(24)27/h3-9H,10H2,1-2H3. The number of fused-ring (bicyclic) bond motifs is 1. The Morgan fingerprint density at radius 3 is 2.48 bits per heavy atom. The number of carbonyl (C=O) groups excluding carboxylic acids is 2. The predicted molar refractivity (Wildman–Crippen MR) is 106 cm³/mol. The van der Waals surface area contributed by atoms with E-state index < -0.39 is 16.7 Å². The SMILES string of the molecule is Cc1nn(Cc2ccccc2Cl)c(C)c1N1C(=O)c2cccc([N+](=O)[O-])c2C1=O. The molecule has 4 rings (SSSR count). The van der Waals surface area contributed by atoms with Crippen molar-refractivity contribution in [3.63, 3.8) is 0 Å². The summed E-state index contributed by atoms with van der Waals surface area (Å²) in [7, 11) is 0. The molecule has 0 spiro atoms. The molecule has 0 bridgehead atoms. The highest BCUT2D eigenvalue weighted by molar-refractivity contribution is 6.36. The van der Waals surface area contributed by atoms with Crippen LogP contribution in [-0.2, 0) is 6.54 Å². The Bertz CT molecular complexity index is 1200. The molecule has 0 radical (unpaired) electrons. The maximum Gasteiger partial charge on any atom is 0.283 e. The molecule has 1 aromatic heterocycles. The molecule has 2 amide bonds. The molecule has 1 aliphatic rings. The second-order valence-corrected chi connectivity index (χ2v) is 7.08. The summed E-state index contributed by atoms with van der Waals surface area (Å²) in [6.07, 6.45) is 0. The van der Waals surface area contributed by atoms with Gasteiger partial charge in [-0.15, -0.1) is 0 Å². The Balaban J connectivity index is 1.79. The summed E-state index contributed by atoms with van der Waals surface area (Å²) in [5.74, 6) is -1.32. The molecule has 2 aromatic carbocycles. The molecule has 146 valence electrons. The second-order valence-electron chi connectivity index (χ2n) is 6.67. The van der Waals surface area contributed by atoms with Crippen LogP contribution < -0.4 is 4.90 Å². The van der Waals surface area contributed by atoms with Crippen molar-refractivity contribution in [2.75, 3.05) is 4.90 Å². The van der Waals surface area contributed by atoms with E-state index in [1.165, 1.54) is 18.2 Å². The first-order valence-electron chi connectivity index (χ1n) is 8.75. The molecule has 2 heterocycles. The van der Waals surface area contributed by atoms with Crippen LogP contribution in [0.5, 0.6) is 0 Å². The van der Waals surface area contributed by atoms with Crippen molar-refractivity contribution in [3.8, 4) is 0 Å². The molecule has 0 saturated carbocycles. The van der Waals surface area contributed by atoms with Crippen LogP contribution in [0.3, 0.4) is 0 Å². The van der Waals surface area contributed by atoms with Crippen molar-refractivity contribution in [1.82, 2.24) is 9.78 Å². The number of nitro groups is 1. The quantitative estimate of drug-likeness (QED) is 0.369. The van der Waals surface area contributed by atoms with Crippen LogP contribution in [0, 0.1) is 24.0 Å². The Hall–Kier alpha value is -3.52. The van der Waals surface area contributed by atoms with E-state index in [0.29, 0.717) is 28.6 Å². The lowest BCUT2D eigenvalue weighted by molar-refractivity contribution is -0.385. The number of rotatable bonds is 4. The first-order valence-corrected chi connectivity index (χ1v) is 9.12. The summed E-state index contributed by atoms with van der Waals surface area (Å²) in [5.41, 5.74) is 1.65. The van der Waals surface area contributed by atoms with Gasteiger partial charge in [0.15, 0.2) is 0 Å². The maximum absolute atomic E-state index is 13.0. The van der Waals surface area contributed by atoms with Crippen LogP contribution in [0.2, 0.25) is 5.02 Å². The topological polar surface area (TPSA) is 98.3 Å². The van der Waals surface area contributed by atoms with Crippen molar-refractivity contribution in [3.05, 3.63) is 85.7 Å². The number of anilines is 1. The highest BCUT2D eigenvalue weighted by Crippen LogP contribution is 2.36. The average Bonchev–Trinajstić information content (AvgIpc) is 3.10. The lowest BCUT2D eigenvalue weighted by Gasteiger charge is -2.14. The number of benzene rings is 2. The fourth-order valence-corrected chi connectivity index (χ4v) is 3.77. The molecule has 9 heteroatoms. The van der Waals surface area contributed by atoms with Gasteiger partial charge in [-0.3, -0.25) is 24.4 Å². The van der Waals surface area contributed by atoms with Crippen LogP contribution in [0.1, 0.15) is 37.7 Å². The number of hydrogen-bond acceptors (Lipinski definition) is 5. The van der Waals surface area contributed by atoms with Gasteiger partial charge in [-0.1, -0.05) is 35.9 Å². The maximum atomic E-state index is 13.0.